The number of imidazole rings is 1. The second-order valence-electron chi connectivity index (χ2n) is 4.68. The molecule has 0 spiro atoms. The molecule has 0 aliphatic heterocycles. The van der Waals surface area contributed by atoms with E-state index >= 15 is 0 Å². The molecule has 1 heterocycles. The SMILES string of the molecule is CNC(Cc1nccn1C)CC1CCC1. The van der Waals surface area contributed by atoms with Gasteiger partial charge in [0.25, 0.3) is 0 Å². The maximum atomic E-state index is 4.38. The quantitative estimate of drug-likeness (QED) is 0.797. The van der Waals surface area contributed by atoms with Crippen LogP contribution in [-0.2, 0) is 13.5 Å². The zero-order valence-corrected chi connectivity index (χ0v) is 9.74. The summed E-state index contributed by atoms with van der Waals surface area (Å²) in [5.41, 5.74) is 0. The van der Waals surface area contributed by atoms with Crippen molar-refractivity contribution in [2.75, 3.05) is 7.05 Å². The molecule has 2 rings (SSSR count). The topological polar surface area (TPSA) is 29.9 Å². The third kappa shape index (κ3) is 2.59. The van der Waals surface area contributed by atoms with E-state index in [9.17, 15) is 0 Å². The van der Waals surface area contributed by atoms with E-state index < -0.39 is 0 Å². The van der Waals surface area contributed by atoms with Crippen molar-refractivity contribution >= 4 is 0 Å². The lowest BCUT2D eigenvalue weighted by atomic mass is 9.80. The van der Waals surface area contributed by atoms with Crippen molar-refractivity contribution in [3.05, 3.63) is 18.2 Å². The van der Waals surface area contributed by atoms with Crippen LogP contribution in [0.5, 0.6) is 0 Å². The predicted molar refractivity (Wildman–Crippen MR) is 61.7 cm³/mol. The largest absolute Gasteiger partial charge is 0.338 e. The Kier molecular flexibility index (Phi) is 3.41. The molecule has 15 heavy (non-hydrogen) atoms. The number of likely N-dealkylation sites (N-methyl/N-ethyl adjacent to an activating group) is 1. The van der Waals surface area contributed by atoms with Gasteiger partial charge in [-0.2, -0.15) is 0 Å². The molecule has 84 valence electrons. The zero-order valence-electron chi connectivity index (χ0n) is 9.74. The third-order valence-electron chi connectivity index (χ3n) is 3.60. The van der Waals surface area contributed by atoms with Crippen LogP contribution >= 0.6 is 0 Å². The van der Waals surface area contributed by atoms with Crippen LogP contribution in [0.3, 0.4) is 0 Å². The summed E-state index contributed by atoms with van der Waals surface area (Å²) in [4.78, 5) is 4.38. The van der Waals surface area contributed by atoms with Crippen LogP contribution in [0.4, 0.5) is 0 Å². The lowest BCUT2D eigenvalue weighted by Crippen LogP contribution is -2.32. The van der Waals surface area contributed by atoms with Gasteiger partial charge in [-0.3, -0.25) is 0 Å². The lowest BCUT2D eigenvalue weighted by Gasteiger charge is -2.29. The smallest absolute Gasteiger partial charge is 0.109 e. The van der Waals surface area contributed by atoms with Crippen LogP contribution in [-0.4, -0.2) is 22.6 Å². The van der Waals surface area contributed by atoms with Gasteiger partial charge in [-0.25, -0.2) is 4.98 Å². The highest BCUT2D eigenvalue weighted by molar-refractivity contribution is 4.95. The van der Waals surface area contributed by atoms with Crippen molar-refractivity contribution in [3.8, 4) is 0 Å². The Morgan fingerprint density at radius 3 is 2.87 bits per heavy atom. The Bertz CT molecular complexity index is 302. The fourth-order valence-corrected chi connectivity index (χ4v) is 2.25. The van der Waals surface area contributed by atoms with Crippen LogP contribution in [0.25, 0.3) is 0 Å². The normalized spacial score (nSPS) is 18.8. The van der Waals surface area contributed by atoms with E-state index in [2.05, 4.69) is 29.0 Å². The molecule has 1 saturated carbocycles. The van der Waals surface area contributed by atoms with Crippen molar-refractivity contribution in [2.24, 2.45) is 13.0 Å². The highest BCUT2D eigenvalue weighted by atomic mass is 15.0. The average Bonchev–Trinajstić information content (AvgIpc) is 2.56. The average molecular weight is 207 g/mol. The lowest BCUT2D eigenvalue weighted by molar-refractivity contribution is 0.262. The van der Waals surface area contributed by atoms with E-state index in [1.54, 1.807) is 0 Å². The van der Waals surface area contributed by atoms with E-state index in [-0.39, 0.29) is 0 Å². The Hall–Kier alpha value is -0.830. The van der Waals surface area contributed by atoms with Gasteiger partial charge in [0.1, 0.15) is 5.82 Å². The molecule has 1 aromatic rings. The highest BCUT2D eigenvalue weighted by Gasteiger charge is 2.22. The van der Waals surface area contributed by atoms with E-state index in [0.29, 0.717) is 6.04 Å². The molecule has 3 nitrogen and oxygen atoms in total. The van der Waals surface area contributed by atoms with Gasteiger partial charge in [0.2, 0.25) is 0 Å². The molecule has 1 aromatic heterocycles. The van der Waals surface area contributed by atoms with Gasteiger partial charge >= 0.3 is 0 Å². The number of nitrogens with zero attached hydrogens (tertiary/aromatic N) is 2. The minimum absolute atomic E-state index is 0.594. The summed E-state index contributed by atoms with van der Waals surface area (Å²) in [6.45, 7) is 0. The van der Waals surface area contributed by atoms with Gasteiger partial charge < -0.3 is 9.88 Å². The summed E-state index contributed by atoms with van der Waals surface area (Å²) in [6, 6.07) is 0.594. The van der Waals surface area contributed by atoms with E-state index in [4.69, 9.17) is 0 Å². The van der Waals surface area contributed by atoms with Crippen molar-refractivity contribution in [1.29, 1.82) is 0 Å². The zero-order chi connectivity index (χ0) is 10.7. The molecule has 1 fully saturated rings. The van der Waals surface area contributed by atoms with Crippen molar-refractivity contribution in [2.45, 2.75) is 38.1 Å². The molecule has 0 amide bonds. The predicted octanol–water partition coefficient (Wildman–Crippen LogP) is 1.74. The monoisotopic (exact) mass is 207 g/mol. The standard InChI is InChI=1S/C12H21N3/c1-13-11(8-10-4-3-5-10)9-12-14-6-7-15(12)2/h6-7,10-11,13H,3-5,8-9H2,1-2H3. The summed E-state index contributed by atoms with van der Waals surface area (Å²) in [5, 5.41) is 3.41. The van der Waals surface area contributed by atoms with Gasteiger partial charge in [-0.15, -0.1) is 0 Å². The first-order valence-electron chi connectivity index (χ1n) is 5.93. The molecular weight excluding hydrogens is 186 g/mol. The number of rotatable bonds is 5. The van der Waals surface area contributed by atoms with Gasteiger partial charge in [0.05, 0.1) is 0 Å². The number of hydrogen-bond acceptors (Lipinski definition) is 2. The molecule has 0 radical (unpaired) electrons. The summed E-state index contributed by atoms with van der Waals surface area (Å²) >= 11 is 0. The summed E-state index contributed by atoms with van der Waals surface area (Å²) in [7, 11) is 4.13. The molecule has 1 atom stereocenters. The van der Waals surface area contributed by atoms with Gasteiger partial charge in [0.15, 0.2) is 0 Å². The highest BCUT2D eigenvalue weighted by Crippen LogP contribution is 2.30. The minimum atomic E-state index is 0.594. The Labute approximate surface area is 91.9 Å². The molecular formula is C12H21N3. The van der Waals surface area contributed by atoms with Gasteiger partial charge in [-0.1, -0.05) is 19.3 Å². The molecule has 1 N–H and O–H groups in total. The first-order chi connectivity index (χ1) is 7.29. The number of hydrogen-bond donors (Lipinski definition) is 1. The minimum Gasteiger partial charge on any atom is -0.338 e. The third-order valence-corrected chi connectivity index (χ3v) is 3.60. The molecule has 0 aromatic carbocycles. The second-order valence-corrected chi connectivity index (χ2v) is 4.68. The van der Waals surface area contributed by atoms with E-state index in [1.807, 2.05) is 12.4 Å². The van der Waals surface area contributed by atoms with Crippen LogP contribution in [0, 0.1) is 5.92 Å². The van der Waals surface area contributed by atoms with Crippen molar-refractivity contribution < 1.29 is 0 Å². The van der Waals surface area contributed by atoms with Crippen LogP contribution in [0.1, 0.15) is 31.5 Å². The van der Waals surface area contributed by atoms with Crippen LogP contribution in [0.2, 0.25) is 0 Å². The Morgan fingerprint density at radius 1 is 1.60 bits per heavy atom. The molecule has 1 aliphatic rings. The second kappa shape index (κ2) is 4.79. The van der Waals surface area contributed by atoms with E-state index in [0.717, 1.165) is 12.3 Å². The van der Waals surface area contributed by atoms with Crippen molar-refractivity contribution in [3.63, 3.8) is 0 Å². The molecule has 0 bridgehead atoms. The maximum Gasteiger partial charge on any atom is 0.109 e. The maximum absolute atomic E-state index is 4.38. The van der Waals surface area contributed by atoms with E-state index in [1.165, 1.54) is 31.5 Å². The summed E-state index contributed by atoms with van der Waals surface area (Å²) in [6.07, 6.45) is 10.6. The Morgan fingerprint density at radius 2 is 2.40 bits per heavy atom. The fourth-order valence-electron chi connectivity index (χ4n) is 2.25. The van der Waals surface area contributed by atoms with Gasteiger partial charge in [-0.05, 0) is 19.4 Å². The molecule has 1 aliphatic carbocycles. The first kappa shape index (κ1) is 10.7. The van der Waals surface area contributed by atoms with Crippen molar-refractivity contribution in [1.82, 2.24) is 14.9 Å². The summed E-state index contributed by atoms with van der Waals surface area (Å²) in [5.74, 6) is 2.15. The summed E-state index contributed by atoms with van der Waals surface area (Å²) < 4.78 is 2.12. The molecule has 3 heteroatoms. The number of nitrogens with one attached hydrogen (secondary N) is 1. The Balaban J connectivity index is 1.87. The molecule has 0 saturated heterocycles. The number of aromatic nitrogens is 2. The first-order valence-corrected chi connectivity index (χ1v) is 5.93. The van der Waals surface area contributed by atoms with Crippen LogP contribution in [0.15, 0.2) is 12.4 Å². The van der Waals surface area contributed by atoms with Gasteiger partial charge in [0, 0.05) is 31.9 Å². The van der Waals surface area contributed by atoms with Crippen LogP contribution < -0.4 is 5.32 Å². The fraction of sp³-hybridized carbons (Fsp3) is 0.750. The number of aryl methyl sites for hydroxylation is 1. The molecule has 1 unspecified atom stereocenters.